The zero-order valence-electron chi connectivity index (χ0n) is 6.05. The maximum atomic E-state index is 5.73. The van der Waals surface area contributed by atoms with Crippen LogP contribution < -0.4 is 0 Å². The molecule has 0 bridgehead atoms. The highest BCUT2D eigenvalue weighted by Gasteiger charge is 2.04. The summed E-state index contributed by atoms with van der Waals surface area (Å²) in [4.78, 5) is 4.19. The monoisotopic (exact) mass is 165 g/mol. The second-order valence-corrected chi connectivity index (χ2v) is 3.01. The van der Waals surface area contributed by atoms with E-state index in [2.05, 4.69) is 11.1 Å². The Kier molecular flexibility index (Phi) is 1.66. The summed E-state index contributed by atoms with van der Waals surface area (Å²) in [6.45, 7) is 0. The highest BCUT2D eigenvalue weighted by molar-refractivity contribution is 6.29. The van der Waals surface area contributed by atoms with Crippen LogP contribution in [0, 0.1) is 0 Å². The third-order valence-electron chi connectivity index (χ3n) is 1.83. The van der Waals surface area contributed by atoms with Crippen molar-refractivity contribution in [2.75, 3.05) is 0 Å². The van der Waals surface area contributed by atoms with Crippen LogP contribution in [0.5, 0.6) is 0 Å². The summed E-state index contributed by atoms with van der Waals surface area (Å²) in [6, 6.07) is 3.90. The Morgan fingerprint density at radius 1 is 1.36 bits per heavy atom. The van der Waals surface area contributed by atoms with E-state index in [1.165, 1.54) is 5.56 Å². The molecule has 11 heavy (non-hydrogen) atoms. The molecule has 0 aliphatic heterocycles. The standard InChI is InChI=1S/C9H8ClN/c10-9-6-5-7-3-1-2-4-8(7)11-9/h2,4-6H,1,3H2. The van der Waals surface area contributed by atoms with Crippen molar-refractivity contribution in [1.82, 2.24) is 4.98 Å². The molecular formula is C9H8ClN. The fourth-order valence-electron chi connectivity index (χ4n) is 1.27. The van der Waals surface area contributed by atoms with E-state index < -0.39 is 0 Å². The van der Waals surface area contributed by atoms with Crippen LogP contribution in [-0.4, -0.2) is 4.98 Å². The normalized spacial score (nSPS) is 14.6. The Hall–Kier alpha value is -0.820. The number of hydrogen-bond acceptors (Lipinski definition) is 1. The summed E-state index contributed by atoms with van der Waals surface area (Å²) >= 11 is 5.73. The van der Waals surface area contributed by atoms with Crippen molar-refractivity contribution in [3.63, 3.8) is 0 Å². The summed E-state index contributed by atoms with van der Waals surface area (Å²) in [6.07, 6.45) is 6.38. The largest absolute Gasteiger partial charge is 0.236 e. The fourth-order valence-corrected chi connectivity index (χ4v) is 1.42. The van der Waals surface area contributed by atoms with Crippen molar-refractivity contribution in [2.24, 2.45) is 0 Å². The number of hydrogen-bond donors (Lipinski definition) is 0. The molecule has 1 aliphatic carbocycles. The first-order chi connectivity index (χ1) is 5.36. The molecule has 0 aromatic carbocycles. The molecule has 0 spiro atoms. The Bertz CT molecular complexity index is 304. The van der Waals surface area contributed by atoms with Crippen LogP contribution in [0.15, 0.2) is 18.2 Å². The van der Waals surface area contributed by atoms with Crippen LogP contribution in [0.4, 0.5) is 0 Å². The maximum Gasteiger partial charge on any atom is 0.129 e. The van der Waals surface area contributed by atoms with E-state index in [4.69, 9.17) is 11.6 Å². The number of halogens is 1. The maximum absolute atomic E-state index is 5.73. The van der Waals surface area contributed by atoms with Gasteiger partial charge in [0.25, 0.3) is 0 Å². The van der Waals surface area contributed by atoms with Gasteiger partial charge in [-0.1, -0.05) is 23.7 Å². The molecule has 1 aromatic rings. The number of rotatable bonds is 0. The molecular weight excluding hydrogens is 158 g/mol. The average Bonchev–Trinajstić information content (AvgIpc) is 2.04. The molecule has 0 saturated heterocycles. The molecule has 0 unspecified atom stereocenters. The van der Waals surface area contributed by atoms with Gasteiger partial charge in [0, 0.05) is 0 Å². The number of aryl methyl sites for hydroxylation is 1. The minimum absolute atomic E-state index is 0.579. The molecule has 2 rings (SSSR count). The quantitative estimate of drug-likeness (QED) is 0.539. The zero-order valence-corrected chi connectivity index (χ0v) is 6.80. The summed E-state index contributed by atoms with van der Waals surface area (Å²) in [7, 11) is 0. The Morgan fingerprint density at radius 2 is 2.27 bits per heavy atom. The van der Waals surface area contributed by atoms with E-state index in [1.807, 2.05) is 18.2 Å². The molecule has 0 saturated carbocycles. The van der Waals surface area contributed by atoms with Gasteiger partial charge >= 0.3 is 0 Å². The topological polar surface area (TPSA) is 12.9 Å². The molecule has 0 fully saturated rings. The first kappa shape index (κ1) is 6.86. The molecule has 1 nitrogen and oxygen atoms in total. The first-order valence-electron chi connectivity index (χ1n) is 3.68. The molecule has 1 aromatic heterocycles. The average molecular weight is 166 g/mol. The number of aromatic nitrogens is 1. The van der Waals surface area contributed by atoms with Crippen molar-refractivity contribution in [3.8, 4) is 0 Å². The molecule has 56 valence electrons. The third kappa shape index (κ3) is 1.29. The Morgan fingerprint density at radius 3 is 3.18 bits per heavy atom. The van der Waals surface area contributed by atoms with Crippen LogP contribution >= 0.6 is 11.6 Å². The van der Waals surface area contributed by atoms with E-state index in [0.29, 0.717) is 5.15 Å². The highest BCUT2D eigenvalue weighted by Crippen LogP contribution is 2.18. The van der Waals surface area contributed by atoms with Crippen LogP contribution in [-0.2, 0) is 6.42 Å². The van der Waals surface area contributed by atoms with Gasteiger partial charge in [-0.25, -0.2) is 4.98 Å². The minimum atomic E-state index is 0.579. The van der Waals surface area contributed by atoms with Gasteiger partial charge in [-0.15, -0.1) is 0 Å². The lowest BCUT2D eigenvalue weighted by Gasteiger charge is -2.07. The predicted molar refractivity (Wildman–Crippen MR) is 46.6 cm³/mol. The number of fused-ring (bicyclic) bond motifs is 1. The highest BCUT2D eigenvalue weighted by atomic mass is 35.5. The van der Waals surface area contributed by atoms with Gasteiger partial charge in [0.2, 0.25) is 0 Å². The fraction of sp³-hybridized carbons (Fsp3) is 0.222. The second kappa shape index (κ2) is 2.67. The number of allylic oxidation sites excluding steroid dienone is 1. The van der Waals surface area contributed by atoms with E-state index in [1.54, 1.807) is 0 Å². The van der Waals surface area contributed by atoms with Gasteiger partial charge in [0.15, 0.2) is 0 Å². The van der Waals surface area contributed by atoms with Gasteiger partial charge in [-0.3, -0.25) is 0 Å². The van der Waals surface area contributed by atoms with Crippen molar-refractivity contribution >= 4 is 17.7 Å². The Labute approximate surface area is 70.7 Å². The zero-order chi connectivity index (χ0) is 7.68. The predicted octanol–water partition coefficient (Wildman–Crippen LogP) is 2.69. The van der Waals surface area contributed by atoms with Gasteiger partial charge in [-0.2, -0.15) is 0 Å². The van der Waals surface area contributed by atoms with Gasteiger partial charge < -0.3 is 0 Å². The van der Waals surface area contributed by atoms with Crippen LogP contribution in [0.1, 0.15) is 17.7 Å². The molecule has 0 radical (unpaired) electrons. The van der Waals surface area contributed by atoms with Crippen molar-refractivity contribution < 1.29 is 0 Å². The number of pyridine rings is 1. The first-order valence-corrected chi connectivity index (χ1v) is 4.06. The third-order valence-corrected chi connectivity index (χ3v) is 2.04. The van der Waals surface area contributed by atoms with Gasteiger partial charge in [0.1, 0.15) is 5.15 Å². The SMILES string of the molecule is Clc1ccc2c(n1)C=CCC2. The smallest absolute Gasteiger partial charge is 0.129 e. The summed E-state index contributed by atoms with van der Waals surface area (Å²) in [5.41, 5.74) is 2.33. The van der Waals surface area contributed by atoms with Gasteiger partial charge in [0.05, 0.1) is 5.69 Å². The second-order valence-electron chi connectivity index (χ2n) is 2.62. The van der Waals surface area contributed by atoms with E-state index >= 15 is 0 Å². The van der Waals surface area contributed by atoms with Crippen molar-refractivity contribution in [1.29, 1.82) is 0 Å². The molecule has 1 heterocycles. The summed E-state index contributed by atoms with van der Waals surface area (Å²) < 4.78 is 0. The van der Waals surface area contributed by atoms with E-state index in [0.717, 1.165) is 18.5 Å². The lowest BCUT2D eigenvalue weighted by Crippen LogP contribution is -1.96. The van der Waals surface area contributed by atoms with Gasteiger partial charge in [-0.05, 0) is 30.5 Å². The molecule has 0 amide bonds. The van der Waals surface area contributed by atoms with E-state index in [9.17, 15) is 0 Å². The lowest BCUT2D eigenvalue weighted by molar-refractivity contribution is 0.964. The van der Waals surface area contributed by atoms with E-state index in [-0.39, 0.29) is 0 Å². The minimum Gasteiger partial charge on any atom is -0.236 e. The van der Waals surface area contributed by atoms with Crippen LogP contribution in [0.2, 0.25) is 5.15 Å². The lowest BCUT2D eigenvalue weighted by atomic mass is 10.0. The molecule has 0 N–H and O–H groups in total. The molecule has 0 atom stereocenters. The van der Waals surface area contributed by atoms with Crippen molar-refractivity contribution in [2.45, 2.75) is 12.8 Å². The van der Waals surface area contributed by atoms with Crippen molar-refractivity contribution in [3.05, 3.63) is 34.6 Å². The Balaban J connectivity index is 2.54. The number of nitrogens with zero attached hydrogens (tertiary/aromatic N) is 1. The molecule has 2 heteroatoms. The summed E-state index contributed by atoms with van der Waals surface area (Å²) in [5, 5.41) is 0.579. The summed E-state index contributed by atoms with van der Waals surface area (Å²) in [5.74, 6) is 0. The van der Waals surface area contributed by atoms with Crippen LogP contribution in [0.3, 0.4) is 0 Å². The van der Waals surface area contributed by atoms with Crippen LogP contribution in [0.25, 0.3) is 6.08 Å². The molecule has 1 aliphatic rings.